The minimum Gasteiger partial charge on any atom is -0.481 e. The molecule has 4 heterocycles. The van der Waals surface area contributed by atoms with Crippen molar-refractivity contribution >= 4 is 19.9 Å². The molecule has 7 atom stereocenters. The zero-order valence-corrected chi connectivity index (χ0v) is 24.9. The molecule has 0 bridgehead atoms. The van der Waals surface area contributed by atoms with E-state index < -0.39 is 36.5 Å². The summed E-state index contributed by atoms with van der Waals surface area (Å²) in [6, 6.07) is 9.13. The van der Waals surface area contributed by atoms with Gasteiger partial charge in [0.25, 0.3) is 0 Å². The Kier molecular flexibility index (Phi) is 16.3. The number of aliphatic hydroxyl groups excluding tert-OH is 2. The zero-order valence-electron chi connectivity index (χ0n) is 24.9. The van der Waals surface area contributed by atoms with E-state index in [1.807, 2.05) is 42.1 Å². The lowest BCUT2D eigenvalue weighted by molar-refractivity contribution is -0.142. The van der Waals surface area contributed by atoms with E-state index >= 15 is 0 Å². The highest BCUT2D eigenvalue weighted by atomic mass is 19.1. The fraction of sp³-hybridized carbons (Fsp3) is 0.724. The summed E-state index contributed by atoms with van der Waals surface area (Å²) in [5.41, 5.74) is 0.821. The van der Waals surface area contributed by atoms with E-state index in [-0.39, 0.29) is 50.7 Å². The molecule has 43 heavy (non-hydrogen) atoms. The molecular formula is C29H45BF3N3O7. The monoisotopic (exact) mass is 615 g/mol. The van der Waals surface area contributed by atoms with Crippen LogP contribution in [0.15, 0.2) is 30.3 Å². The number of likely N-dealkylation sites (tertiary alicyclic amines) is 3. The topological polar surface area (TPSA) is 123 Å². The maximum absolute atomic E-state index is 13.4. The molecular weight excluding hydrogens is 570 g/mol. The average molecular weight is 615 g/mol. The van der Waals surface area contributed by atoms with Gasteiger partial charge in [-0.1, -0.05) is 30.3 Å². The van der Waals surface area contributed by atoms with Gasteiger partial charge in [0, 0.05) is 70.4 Å². The van der Waals surface area contributed by atoms with Crippen LogP contribution in [0.5, 0.6) is 0 Å². The zero-order chi connectivity index (χ0) is 31.9. The lowest BCUT2D eigenvalue weighted by Gasteiger charge is -2.15. The van der Waals surface area contributed by atoms with Crippen LogP contribution in [0, 0.1) is 17.8 Å². The number of hydrogen-bond acceptors (Lipinski definition) is 8. The first-order valence-corrected chi connectivity index (χ1v) is 14.5. The molecule has 3 unspecified atom stereocenters. The molecule has 0 aliphatic carbocycles. The summed E-state index contributed by atoms with van der Waals surface area (Å²) in [7, 11) is 9.04. The minimum atomic E-state index is -1.54. The molecule has 1 aromatic rings. The van der Waals surface area contributed by atoms with Crippen molar-refractivity contribution in [3.8, 4) is 0 Å². The molecule has 0 spiro atoms. The molecule has 4 saturated heterocycles. The molecule has 5 rings (SSSR count). The van der Waals surface area contributed by atoms with Crippen LogP contribution < -0.4 is 0 Å². The molecule has 1 amide bonds. The van der Waals surface area contributed by atoms with Crippen LogP contribution in [-0.2, 0) is 20.9 Å². The second-order valence-corrected chi connectivity index (χ2v) is 11.3. The number of amides is 1. The van der Waals surface area contributed by atoms with E-state index in [9.17, 15) is 22.8 Å². The van der Waals surface area contributed by atoms with Gasteiger partial charge in [0.05, 0.1) is 6.54 Å². The third-order valence-electron chi connectivity index (χ3n) is 7.55. The molecule has 4 fully saturated rings. The third-order valence-corrected chi connectivity index (χ3v) is 7.55. The fourth-order valence-electron chi connectivity index (χ4n) is 4.98. The number of alkyl halides is 3. The number of aliphatic carboxylic acids is 1. The Morgan fingerprint density at radius 3 is 1.79 bits per heavy atom. The lowest BCUT2D eigenvalue weighted by Crippen LogP contribution is -2.30. The first kappa shape index (κ1) is 36.8. The van der Waals surface area contributed by atoms with Crippen molar-refractivity contribution in [3.63, 3.8) is 0 Å². The first-order valence-electron chi connectivity index (χ1n) is 14.5. The van der Waals surface area contributed by atoms with Gasteiger partial charge in [0.2, 0.25) is 0 Å². The van der Waals surface area contributed by atoms with E-state index in [1.165, 1.54) is 0 Å². The van der Waals surface area contributed by atoms with Crippen molar-refractivity contribution in [2.75, 3.05) is 73.2 Å². The Morgan fingerprint density at radius 1 is 0.907 bits per heavy atom. The second-order valence-electron chi connectivity index (χ2n) is 11.3. The van der Waals surface area contributed by atoms with Crippen molar-refractivity contribution < 1.29 is 47.6 Å². The number of aliphatic hydroxyl groups is 2. The van der Waals surface area contributed by atoms with E-state index in [2.05, 4.69) is 0 Å². The van der Waals surface area contributed by atoms with Crippen LogP contribution in [0.25, 0.3) is 0 Å². The summed E-state index contributed by atoms with van der Waals surface area (Å²) in [5.74, 6) is -2.68. The molecule has 10 nitrogen and oxygen atoms in total. The van der Waals surface area contributed by atoms with Gasteiger partial charge in [-0.05, 0) is 32.5 Å². The summed E-state index contributed by atoms with van der Waals surface area (Å²) < 4.78 is 48.6. The maximum atomic E-state index is 13.4. The number of nitrogens with zero attached hydrogens (tertiary/aromatic N) is 3. The summed E-state index contributed by atoms with van der Waals surface area (Å²) in [4.78, 5) is 27.3. The van der Waals surface area contributed by atoms with Crippen LogP contribution in [0.1, 0.15) is 18.4 Å². The molecule has 4 aliphatic rings. The molecule has 14 heteroatoms. The Balaban J connectivity index is 0.000000224. The van der Waals surface area contributed by atoms with Gasteiger partial charge in [-0.3, -0.25) is 4.79 Å². The molecule has 0 saturated carbocycles. The van der Waals surface area contributed by atoms with E-state index in [1.54, 1.807) is 12.1 Å². The number of ether oxygens (including phenoxy) is 2. The number of benzene rings is 1. The average Bonchev–Trinajstić information content (AvgIpc) is 3.76. The van der Waals surface area contributed by atoms with Gasteiger partial charge in [0.15, 0.2) is 0 Å². The quantitative estimate of drug-likeness (QED) is 0.425. The van der Waals surface area contributed by atoms with Gasteiger partial charge in [-0.2, -0.15) is 0 Å². The summed E-state index contributed by atoms with van der Waals surface area (Å²) in [6.07, 6.45) is -1.68. The maximum Gasteiger partial charge on any atom is 0.410 e. The predicted molar refractivity (Wildman–Crippen MR) is 155 cm³/mol. The minimum absolute atomic E-state index is 0.0223. The summed E-state index contributed by atoms with van der Waals surface area (Å²) >= 11 is 0. The Labute approximate surface area is 253 Å². The van der Waals surface area contributed by atoms with Crippen LogP contribution in [-0.4, -0.2) is 148 Å². The molecule has 4 aliphatic heterocycles. The van der Waals surface area contributed by atoms with Crippen LogP contribution in [0.4, 0.5) is 18.0 Å². The third kappa shape index (κ3) is 13.0. The normalized spacial score (nSPS) is 30.4. The SMILES string of the molecule is CN1C[C@@H](CO)[C@@H](F)C1.CN1C[C@H](CO)[C@H](F)C1.O=C(O)C1CN(C(=O)OCc2ccccc2)CC1F.[B]C1CCCO1. The highest BCUT2D eigenvalue weighted by Gasteiger charge is 2.40. The Bertz CT molecular complexity index is 927. The number of rotatable bonds is 5. The molecule has 3 N–H and O–H groups in total. The molecule has 1 aromatic carbocycles. The molecule has 242 valence electrons. The summed E-state index contributed by atoms with van der Waals surface area (Å²) in [5, 5.41) is 25.9. The van der Waals surface area contributed by atoms with E-state index in [4.69, 9.17) is 32.6 Å². The van der Waals surface area contributed by atoms with Crippen molar-refractivity contribution in [1.29, 1.82) is 0 Å². The van der Waals surface area contributed by atoms with Crippen molar-refractivity contribution in [1.82, 2.24) is 14.7 Å². The van der Waals surface area contributed by atoms with E-state index in [0.717, 1.165) is 29.9 Å². The number of carboxylic acid groups (broad SMARTS) is 1. The molecule has 2 radical (unpaired) electrons. The van der Waals surface area contributed by atoms with Crippen molar-refractivity contribution in [2.45, 2.75) is 44.0 Å². The number of carbonyl (C=O) groups is 2. The highest BCUT2D eigenvalue weighted by molar-refractivity contribution is 6.11. The number of hydrogen-bond donors (Lipinski definition) is 3. The van der Waals surface area contributed by atoms with Crippen LogP contribution in [0.3, 0.4) is 0 Å². The van der Waals surface area contributed by atoms with Gasteiger partial charge < -0.3 is 39.5 Å². The number of carboxylic acids is 1. The Morgan fingerprint density at radius 2 is 1.47 bits per heavy atom. The van der Waals surface area contributed by atoms with Gasteiger partial charge in [-0.25, -0.2) is 18.0 Å². The molecule has 0 aromatic heterocycles. The first-order chi connectivity index (χ1) is 20.4. The standard InChI is InChI=1S/C13H14FNO4.2C6H12FNO.C4H7BO/c14-11-7-15(6-10(11)12(16)17)13(18)19-8-9-4-2-1-3-5-9;2*1-8-2-5(4-9)6(7)3-8;5-4-2-1-3-6-4/h1-5,10-11H,6-8H2,(H,16,17);2*5-6,9H,2-4H2,1H3;4H,1-3H2/t;2*5-,6-;/m.10./s1. The fourth-order valence-corrected chi connectivity index (χ4v) is 4.98. The Hall–Kier alpha value is -2.39. The number of carbonyl (C=O) groups excluding carboxylic acids is 1. The highest BCUT2D eigenvalue weighted by Crippen LogP contribution is 2.21. The summed E-state index contributed by atoms with van der Waals surface area (Å²) in [6.45, 7) is 2.86. The van der Waals surface area contributed by atoms with Gasteiger partial charge in [0.1, 0.15) is 38.9 Å². The van der Waals surface area contributed by atoms with Gasteiger partial charge in [-0.15, -0.1) is 0 Å². The van der Waals surface area contributed by atoms with E-state index in [0.29, 0.717) is 26.2 Å². The van der Waals surface area contributed by atoms with Crippen LogP contribution in [0.2, 0.25) is 0 Å². The van der Waals surface area contributed by atoms with Crippen molar-refractivity contribution in [3.05, 3.63) is 35.9 Å². The van der Waals surface area contributed by atoms with Gasteiger partial charge >= 0.3 is 12.1 Å². The van der Waals surface area contributed by atoms with Crippen LogP contribution >= 0.6 is 0 Å². The second kappa shape index (κ2) is 19.1. The lowest BCUT2D eigenvalue weighted by atomic mass is 9.98. The number of halogens is 3. The largest absolute Gasteiger partial charge is 0.481 e. The smallest absolute Gasteiger partial charge is 0.410 e. The predicted octanol–water partition coefficient (Wildman–Crippen LogP) is 1.73. The van der Waals surface area contributed by atoms with Crippen molar-refractivity contribution in [2.24, 2.45) is 17.8 Å².